The summed E-state index contributed by atoms with van der Waals surface area (Å²) in [6, 6.07) is 0.0282. The Labute approximate surface area is 121 Å². The molecule has 5 nitrogen and oxygen atoms in total. The molecule has 0 aromatic heterocycles. The maximum atomic E-state index is 12.2. The second-order valence-corrected chi connectivity index (χ2v) is 5.98. The van der Waals surface area contributed by atoms with E-state index in [0.717, 1.165) is 32.2 Å². The maximum absolute atomic E-state index is 12.2. The van der Waals surface area contributed by atoms with Gasteiger partial charge in [0, 0.05) is 19.0 Å². The Hall–Kier alpha value is -1.10. The van der Waals surface area contributed by atoms with Gasteiger partial charge in [0.25, 0.3) is 0 Å². The predicted molar refractivity (Wildman–Crippen MR) is 78.5 cm³/mol. The van der Waals surface area contributed by atoms with Gasteiger partial charge in [-0.3, -0.25) is 14.5 Å². The van der Waals surface area contributed by atoms with E-state index in [9.17, 15) is 9.59 Å². The number of aliphatic carboxylic acids is 1. The van der Waals surface area contributed by atoms with E-state index in [2.05, 4.69) is 17.1 Å². The van der Waals surface area contributed by atoms with Crippen LogP contribution in [0.4, 0.5) is 0 Å². The summed E-state index contributed by atoms with van der Waals surface area (Å²) in [6.07, 6.45) is 4.17. The van der Waals surface area contributed by atoms with Crippen molar-refractivity contribution in [1.29, 1.82) is 0 Å². The molecule has 1 fully saturated rings. The molecule has 116 valence electrons. The first-order valence-electron chi connectivity index (χ1n) is 7.70. The number of hydrogen-bond acceptors (Lipinski definition) is 3. The quantitative estimate of drug-likeness (QED) is 0.749. The Morgan fingerprint density at radius 1 is 1.40 bits per heavy atom. The topological polar surface area (TPSA) is 69.6 Å². The van der Waals surface area contributed by atoms with Crippen LogP contribution in [0.15, 0.2) is 0 Å². The number of piperidine rings is 1. The van der Waals surface area contributed by atoms with Crippen LogP contribution in [-0.2, 0) is 9.59 Å². The Balaban J connectivity index is 2.46. The van der Waals surface area contributed by atoms with E-state index in [-0.39, 0.29) is 30.3 Å². The fourth-order valence-electron chi connectivity index (χ4n) is 2.90. The Kier molecular flexibility index (Phi) is 6.99. The lowest BCUT2D eigenvalue weighted by molar-refractivity contribution is -0.138. The molecular weight excluding hydrogens is 256 g/mol. The van der Waals surface area contributed by atoms with Crippen LogP contribution in [0.5, 0.6) is 0 Å². The number of carboxylic acids is 1. The molecule has 2 N–H and O–H groups in total. The van der Waals surface area contributed by atoms with Crippen LogP contribution in [0, 0.1) is 5.92 Å². The highest BCUT2D eigenvalue weighted by molar-refractivity contribution is 5.81. The Morgan fingerprint density at radius 3 is 2.70 bits per heavy atom. The second-order valence-electron chi connectivity index (χ2n) is 5.98. The van der Waals surface area contributed by atoms with Gasteiger partial charge in [0.1, 0.15) is 0 Å². The molecule has 1 aliphatic heterocycles. The molecule has 3 atom stereocenters. The van der Waals surface area contributed by atoms with Crippen molar-refractivity contribution in [2.24, 2.45) is 5.92 Å². The molecule has 20 heavy (non-hydrogen) atoms. The molecule has 0 saturated carbocycles. The molecule has 1 amide bonds. The number of nitrogens with zero attached hydrogens (tertiary/aromatic N) is 1. The minimum atomic E-state index is -0.745. The standard InChI is InChI=1S/C15H28N2O3/c1-4-6-11(2)16-15(20)12(3)17-8-5-7-13(10-17)9-14(18)19/h11-13H,4-10H2,1-3H3,(H,16,20)(H,18,19). The largest absolute Gasteiger partial charge is 0.481 e. The summed E-state index contributed by atoms with van der Waals surface area (Å²) < 4.78 is 0. The van der Waals surface area contributed by atoms with Crippen LogP contribution < -0.4 is 5.32 Å². The average Bonchev–Trinajstić information content (AvgIpc) is 2.37. The van der Waals surface area contributed by atoms with Crippen molar-refractivity contribution >= 4 is 11.9 Å². The smallest absolute Gasteiger partial charge is 0.303 e. The van der Waals surface area contributed by atoms with Crippen LogP contribution in [-0.4, -0.2) is 47.1 Å². The third-order valence-corrected chi connectivity index (χ3v) is 4.05. The van der Waals surface area contributed by atoms with Gasteiger partial charge in [-0.15, -0.1) is 0 Å². The van der Waals surface area contributed by atoms with E-state index >= 15 is 0 Å². The van der Waals surface area contributed by atoms with Gasteiger partial charge < -0.3 is 10.4 Å². The molecule has 0 aliphatic carbocycles. The van der Waals surface area contributed by atoms with Crippen molar-refractivity contribution in [1.82, 2.24) is 10.2 Å². The Bertz CT molecular complexity index is 333. The molecule has 1 rings (SSSR count). The monoisotopic (exact) mass is 284 g/mol. The van der Waals surface area contributed by atoms with Gasteiger partial charge in [-0.25, -0.2) is 0 Å². The maximum Gasteiger partial charge on any atom is 0.303 e. The van der Waals surface area contributed by atoms with Crippen molar-refractivity contribution in [2.75, 3.05) is 13.1 Å². The van der Waals surface area contributed by atoms with Crippen LogP contribution in [0.2, 0.25) is 0 Å². The predicted octanol–water partition coefficient (Wildman–Crippen LogP) is 1.87. The van der Waals surface area contributed by atoms with Gasteiger partial charge >= 0.3 is 5.97 Å². The van der Waals surface area contributed by atoms with Crippen molar-refractivity contribution in [3.63, 3.8) is 0 Å². The molecule has 1 aliphatic rings. The van der Waals surface area contributed by atoms with Crippen LogP contribution >= 0.6 is 0 Å². The number of carbonyl (C=O) groups excluding carboxylic acids is 1. The summed E-state index contributed by atoms with van der Waals surface area (Å²) in [4.78, 5) is 25.1. The molecule has 1 heterocycles. The number of carbonyl (C=O) groups is 2. The van der Waals surface area contributed by atoms with Crippen molar-refractivity contribution in [2.45, 2.75) is 65.0 Å². The average molecular weight is 284 g/mol. The molecule has 0 radical (unpaired) electrons. The highest BCUT2D eigenvalue weighted by Crippen LogP contribution is 2.21. The SMILES string of the molecule is CCCC(C)NC(=O)C(C)N1CCCC(CC(=O)O)C1. The lowest BCUT2D eigenvalue weighted by Crippen LogP contribution is -2.50. The first-order chi connectivity index (χ1) is 9.43. The van der Waals surface area contributed by atoms with E-state index < -0.39 is 5.97 Å². The molecular formula is C15H28N2O3. The first kappa shape index (κ1) is 17.0. The van der Waals surface area contributed by atoms with Gasteiger partial charge in [-0.05, 0) is 45.6 Å². The zero-order valence-electron chi connectivity index (χ0n) is 12.9. The number of rotatable bonds is 7. The molecule has 0 spiro atoms. The first-order valence-corrected chi connectivity index (χ1v) is 7.70. The van der Waals surface area contributed by atoms with Gasteiger partial charge in [0.15, 0.2) is 0 Å². The fraction of sp³-hybridized carbons (Fsp3) is 0.867. The van der Waals surface area contributed by atoms with Crippen LogP contribution in [0.25, 0.3) is 0 Å². The number of carboxylic acid groups (broad SMARTS) is 1. The van der Waals surface area contributed by atoms with E-state index in [1.165, 1.54) is 0 Å². The summed E-state index contributed by atoms with van der Waals surface area (Å²) >= 11 is 0. The van der Waals surface area contributed by atoms with Crippen LogP contribution in [0.3, 0.4) is 0 Å². The van der Waals surface area contributed by atoms with Crippen LogP contribution in [0.1, 0.15) is 52.9 Å². The summed E-state index contributed by atoms with van der Waals surface area (Å²) in [5, 5.41) is 11.9. The summed E-state index contributed by atoms with van der Waals surface area (Å²) in [7, 11) is 0. The minimum absolute atomic E-state index is 0.0573. The third kappa shape index (κ3) is 5.49. The minimum Gasteiger partial charge on any atom is -0.481 e. The van der Waals surface area contributed by atoms with E-state index in [0.29, 0.717) is 6.54 Å². The third-order valence-electron chi connectivity index (χ3n) is 4.05. The molecule has 1 saturated heterocycles. The molecule has 0 bridgehead atoms. The molecule has 0 aromatic carbocycles. The fourth-order valence-corrected chi connectivity index (χ4v) is 2.90. The number of amides is 1. The van der Waals surface area contributed by atoms with E-state index in [1.807, 2.05) is 13.8 Å². The normalized spacial score (nSPS) is 23.1. The highest BCUT2D eigenvalue weighted by atomic mass is 16.4. The molecule has 5 heteroatoms. The number of hydrogen-bond donors (Lipinski definition) is 2. The van der Waals surface area contributed by atoms with Gasteiger partial charge in [-0.1, -0.05) is 13.3 Å². The summed E-state index contributed by atoms with van der Waals surface area (Å²) in [5.74, 6) is -0.517. The zero-order valence-corrected chi connectivity index (χ0v) is 12.9. The lowest BCUT2D eigenvalue weighted by Gasteiger charge is -2.36. The van der Waals surface area contributed by atoms with Crippen molar-refractivity contribution < 1.29 is 14.7 Å². The van der Waals surface area contributed by atoms with E-state index in [4.69, 9.17) is 5.11 Å². The van der Waals surface area contributed by atoms with E-state index in [1.54, 1.807) is 0 Å². The van der Waals surface area contributed by atoms with Gasteiger partial charge in [0.05, 0.1) is 6.04 Å². The van der Waals surface area contributed by atoms with Crippen molar-refractivity contribution in [3.05, 3.63) is 0 Å². The zero-order chi connectivity index (χ0) is 15.1. The van der Waals surface area contributed by atoms with Crippen molar-refractivity contribution in [3.8, 4) is 0 Å². The summed E-state index contributed by atoms with van der Waals surface area (Å²) in [5.41, 5.74) is 0. The number of nitrogens with one attached hydrogen (secondary N) is 1. The highest BCUT2D eigenvalue weighted by Gasteiger charge is 2.28. The number of likely N-dealkylation sites (tertiary alicyclic amines) is 1. The Morgan fingerprint density at radius 2 is 2.10 bits per heavy atom. The lowest BCUT2D eigenvalue weighted by atomic mass is 9.94. The molecule has 3 unspecified atom stereocenters. The summed E-state index contributed by atoms with van der Waals surface area (Å²) in [6.45, 7) is 7.64. The van der Waals surface area contributed by atoms with Gasteiger partial charge in [0.2, 0.25) is 5.91 Å². The van der Waals surface area contributed by atoms with Gasteiger partial charge in [-0.2, -0.15) is 0 Å². The molecule has 0 aromatic rings. The second kappa shape index (κ2) is 8.25.